The molecule has 0 aromatic heterocycles. The molecule has 3 N–H and O–H groups in total. The van der Waals surface area contributed by atoms with Gasteiger partial charge in [0, 0.05) is 25.7 Å². The Morgan fingerprint density at radius 3 is 0.681 bits per heavy atom. The minimum Gasteiger partial charge on any atom is -0.462 e. The van der Waals surface area contributed by atoms with Gasteiger partial charge in [-0.2, -0.15) is 0 Å². The number of hydrogen-bond donors (Lipinski definition) is 3. The maximum Gasteiger partial charge on any atom is 0.472 e. The second-order valence-corrected chi connectivity index (χ2v) is 30.8. The highest BCUT2D eigenvalue weighted by Gasteiger charge is 2.30. The van der Waals surface area contributed by atoms with Crippen molar-refractivity contribution >= 4 is 39.5 Å². The first-order valence-corrected chi connectivity index (χ1v) is 40.2. The lowest BCUT2D eigenvalue weighted by molar-refractivity contribution is -0.161. The molecule has 0 aromatic carbocycles. The molecule has 0 spiro atoms. The highest BCUT2D eigenvalue weighted by molar-refractivity contribution is 7.47. The molecule has 2 unspecified atom stereocenters. The lowest BCUT2D eigenvalue weighted by atomic mass is 10.0. The predicted octanol–water partition coefficient (Wildman–Crippen LogP) is 20.5. The minimum atomic E-state index is -4.95. The van der Waals surface area contributed by atoms with Gasteiger partial charge in [0.1, 0.15) is 19.3 Å². The fraction of sp³-hybridized carbons (Fsp3) is 0.944. The molecule has 0 saturated carbocycles. The maximum atomic E-state index is 13.0. The fourth-order valence-electron chi connectivity index (χ4n) is 10.8. The van der Waals surface area contributed by atoms with Gasteiger partial charge in [-0.25, -0.2) is 9.13 Å². The molecule has 0 rings (SSSR count). The van der Waals surface area contributed by atoms with Gasteiger partial charge in [0.25, 0.3) is 0 Å². The molecule has 0 aliphatic rings. The van der Waals surface area contributed by atoms with Crippen LogP contribution in [0.1, 0.15) is 357 Å². The first-order chi connectivity index (χ1) is 43.6. The van der Waals surface area contributed by atoms with Crippen LogP contribution in [0.25, 0.3) is 0 Å². The normalized spacial score (nSPS) is 14.2. The van der Waals surface area contributed by atoms with Crippen molar-refractivity contribution in [1.29, 1.82) is 0 Å². The molecule has 540 valence electrons. The molecule has 0 amide bonds. The average molecular weight is 1340 g/mol. The van der Waals surface area contributed by atoms with E-state index >= 15 is 0 Å². The maximum absolute atomic E-state index is 13.0. The van der Waals surface area contributed by atoms with E-state index in [0.29, 0.717) is 37.5 Å². The molecule has 17 nitrogen and oxygen atoms in total. The van der Waals surface area contributed by atoms with Gasteiger partial charge in [0.15, 0.2) is 12.2 Å². The molecule has 0 aliphatic carbocycles. The highest BCUT2D eigenvalue weighted by Crippen LogP contribution is 2.45. The molecular formula is C72H140O17P2. The highest BCUT2D eigenvalue weighted by atomic mass is 31.2. The average Bonchev–Trinajstić information content (AvgIpc) is 3.22. The molecule has 19 heteroatoms. The summed E-state index contributed by atoms with van der Waals surface area (Å²) in [6.45, 7) is 14.0. The summed E-state index contributed by atoms with van der Waals surface area (Å²) in [7, 11) is -9.90. The van der Waals surface area contributed by atoms with Crippen LogP contribution >= 0.6 is 15.6 Å². The zero-order chi connectivity index (χ0) is 67.5. The summed E-state index contributed by atoms with van der Waals surface area (Å²) in [6.07, 6.45) is 44.8. The van der Waals surface area contributed by atoms with Gasteiger partial charge in [-0.3, -0.25) is 37.3 Å². The Labute approximate surface area is 556 Å². The number of phosphoric acid groups is 2. The Bertz CT molecular complexity index is 1800. The van der Waals surface area contributed by atoms with Crippen LogP contribution in [0.2, 0.25) is 0 Å². The number of hydrogen-bond acceptors (Lipinski definition) is 15. The predicted molar refractivity (Wildman–Crippen MR) is 367 cm³/mol. The van der Waals surface area contributed by atoms with Gasteiger partial charge in [0.05, 0.1) is 26.4 Å². The van der Waals surface area contributed by atoms with Crippen LogP contribution in [0, 0.1) is 23.7 Å². The summed E-state index contributed by atoms with van der Waals surface area (Å²) < 4.78 is 68.3. The van der Waals surface area contributed by atoms with E-state index in [2.05, 4.69) is 55.4 Å². The van der Waals surface area contributed by atoms with Crippen molar-refractivity contribution in [3.05, 3.63) is 0 Å². The van der Waals surface area contributed by atoms with E-state index in [9.17, 15) is 43.2 Å². The van der Waals surface area contributed by atoms with Crippen molar-refractivity contribution in [3.8, 4) is 0 Å². The Morgan fingerprint density at radius 2 is 0.462 bits per heavy atom. The minimum absolute atomic E-state index is 0.103. The lowest BCUT2D eigenvalue weighted by Gasteiger charge is -2.21. The Hall–Kier alpha value is -1.94. The van der Waals surface area contributed by atoms with Gasteiger partial charge in [0.2, 0.25) is 0 Å². The monoisotopic (exact) mass is 1340 g/mol. The summed E-state index contributed by atoms with van der Waals surface area (Å²) in [5, 5.41) is 10.6. The number of esters is 4. The third-order valence-electron chi connectivity index (χ3n) is 16.6. The summed E-state index contributed by atoms with van der Waals surface area (Å²) in [4.78, 5) is 72.5. The van der Waals surface area contributed by atoms with Crippen molar-refractivity contribution in [2.45, 2.75) is 375 Å². The zero-order valence-electron chi connectivity index (χ0n) is 59.5. The zero-order valence-corrected chi connectivity index (χ0v) is 61.3. The van der Waals surface area contributed by atoms with E-state index in [0.717, 1.165) is 108 Å². The molecule has 5 atom stereocenters. The number of aliphatic hydroxyl groups is 1. The van der Waals surface area contributed by atoms with Crippen molar-refractivity contribution in [3.63, 3.8) is 0 Å². The van der Waals surface area contributed by atoms with Crippen molar-refractivity contribution in [1.82, 2.24) is 0 Å². The van der Waals surface area contributed by atoms with E-state index in [1.165, 1.54) is 154 Å². The van der Waals surface area contributed by atoms with E-state index in [1.807, 2.05) is 0 Å². The number of carbonyl (C=O) groups is 4. The second kappa shape index (κ2) is 61.6. The number of ether oxygens (including phenoxy) is 4. The van der Waals surface area contributed by atoms with Gasteiger partial charge in [-0.1, -0.05) is 306 Å². The topological polar surface area (TPSA) is 237 Å². The molecule has 0 saturated heterocycles. The molecule has 0 bridgehead atoms. The third kappa shape index (κ3) is 66.5. The van der Waals surface area contributed by atoms with Crippen LogP contribution in [-0.2, 0) is 65.4 Å². The van der Waals surface area contributed by atoms with E-state index in [1.54, 1.807) is 0 Å². The quantitative estimate of drug-likeness (QED) is 0.0222. The summed E-state index contributed by atoms with van der Waals surface area (Å²) >= 11 is 0. The Morgan fingerprint density at radius 1 is 0.275 bits per heavy atom. The first kappa shape index (κ1) is 89.1. The van der Waals surface area contributed by atoms with E-state index < -0.39 is 97.5 Å². The lowest BCUT2D eigenvalue weighted by Crippen LogP contribution is -2.30. The van der Waals surface area contributed by atoms with Gasteiger partial charge in [-0.05, 0) is 49.4 Å². The van der Waals surface area contributed by atoms with Crippen LogP contribution in [0.15, 0.2) is 0 Å². The molecule has 91 heavy (non-hydrogen) atoms. The Balaban J connectivity index is 5.17. The molecule has 0 heterocycles. The number of phosphoric ester groups is 2. The van der Waals surface area contributed by atoms with Crippen LogP contribution < -0.4 is 0 Å². The SMILES string of the molecule is CC(C)CCCCCCCCCCCCCCCCCCC(=O)OC[C@H](COP(=O)(O)OC[C@@H](O)COP(=O)(O)OC[C@@H](COC(=O)CCCCCCCCC(C)C)OC(=O)CCCCCCCCCCCCC(C)C)OC(=O)CCCCCCCCCC(C)C. The smallest absolute Gasteiger partial charge is 0.462 e. The van der Waals surface area contributed by atoms with Gasteiger partial charge >= 0.3 is 39.5 Å². The third-order valence-corrected chi connectivity index (χ3v) is 18.5. The standard InChI is InChI=1S/C72H140O17P2/c1-62(2)48-40-32-24-19-15-13-11-9-10-12-14-16-21-27-36-44-52-69(74)82-58-67(89-72(77)55-47-39-29-23-26-34-42-50-64(5)6)60-86-90(78,79)84-56-66(73)57-85-91(80,81)87-61-68(59-83-70(75)53-45-37-31-30-35-43-51-65(7)8)88-71(76)54-46-38-28-22-18-17-20-25-33-41-49-63(3)4/h62-68,73H,9-61H2,1-8H3,(H,78,79)(H,80,81)/t66-,67-,68-/m1/s1. The molecular weight excluding hydrogens is 1200 g/mol. The van der Waals surface area contributed by atoms with Crippen molar-refractivity contribution in [2.75, 3.05) is 39.6 Å². The number of rotatable bonds is 69. The van der Waals surface area contributed by atoms with Crippen molar-refractivity contribution < 1.29 is 80.2 Å². The number of carbonyl (C=O) groups excluding carboxylic acids is 4. The second-order valence-electron chi connectivity index (χ2n) is 27.9. The molecule has 0 radical (unpaired) electrons. The molecule has 0 fully saturated rings. The summed E-state index contributed by atoms with van der Waals surface area (Å²) in [5.41, 5.74) is 0. The molecule has 0 aromatic rings. The van der Waals surface area contributed by atoms with Crippen LogP contribution in [0.5, 0.6) is 0 Å². The summed E-state index contributed by atoms with van der Waals surface area (Å²) in [6, 6.07) is 0. The largest absolute Gasteiger partial charge is 0.472 e. The first-order valence-electron chi connectivity index (χ1n) is 37.2. The van der Waals surface area contributed by atoms with Crippen LogP contribution in [0.4, 0.5) is 0 Å². The van der Waals surface area contributed by atoms with Crippen LogP contribution in [0.3, 0.4) is 0 Å². The van der Waals surface area contributed by atoms with E-state index in [-0.39, 0.29) is 25.7 Å². The van der Waals surface area contributed by atoms with Gasteiger partial charge in [-0.15, -0.1) is 0 Å². The Kier molecular flexibility index (Phi) is 60.3. The number of aliphatic hydroxyl groups excluding tert-OH is 1. The van der Waals surface area contributed by atoms with E-state index in [4.69, 9.17) is 37.0 Å². The van der Waals surface area contributed by atoms with Crippen molar-refractivity contribution in [2.24, 2.45) is 23.7 Å². The molecule has 0 aliphatic heterocycles. The van der Waals surface area contributed by atoms with Crippen LogP contribution in [-0.4, -0.2) is 96.7 Å². The number of unbranched alkanes of at least 4 members (excludes halogenated alkanes) is 35. The van der Waals surface area contributed by atoms with Gasteiger partial charge < -0.3 is 33.8 Å². The summed E-state index contributed by atoms with van der Waals surface area (Å²) in [5.74, 6) is 0.809. The fourth-order valence-corrected chi connectivity index (χ4v) is 12.4.